The highest BCUT2D eigenvalue weighted by molar-refractivity contribution is 5.75. The molecule has 0 saturated heterocycles. The molecule has 0 fully saturated rings. The van der Waals surface area contributed by atoms with Gasteiger partial charge in [0.2, 0.25) is 0 Å². The second-order valence-corrected chi connectivity index (χ2v) is 4.58. The molecule has 0 heterocycles. The van der Waals surface area contributed by atoms with Gasteiger partial charge in [0, 0.05) is 11.6 Å². The Morgan fingerprint density at radius 3 is 1.83 bits per heavy atom. The average molecular weight is 244 g/mol. The smallest absolute Gasteiger partial charge is 0.126 e. The first-order valence-corrected chi connectivity index (χ1v) is 5.73. The highest BCUT2D eigenvalue weighted by atomic mass is 16.3. The van der Waals surface area contributed by atoms with E-state index in [1.807, 2.05) is 26.8 Å². The number of hydrogen-bond acceptors (Lipinski definition) is 3. The van der Waals surface area contributed by atoms with E-state index in [-0.39, 0.29) is 17.2 Å². The first-order chi connectivity index (χ1) is 8.40. The van der Waals surface area contributed by atoms with E-state index >= 15 is 0 Å². The number of aryl methyl sites for hydroxylation is 1. The normalized spacial score (nSPS) is 10.6. The first kappa shape index (κ1) is 12.3. The van der Waals surface area contributed by atoms with Crippen molar-refractivity contribution in [2.75, 3.05) is 0 Å². The van der Waals surface area contributed by atoms with Gasteiger partial charge in [0.1, 0.15) is 17.2 Å². The number of benzene rings is 2. The lowest BCUT2D eigenvalue weighted by molar-refractivity contribution is 0.450. The molecule has 0 aliphatic carbocycles. The molecule has 3 nitrogen and oxygen atoms in total. The highest BCUT2D eigenvalue weighted by Gasteiger charge is 2.12. The van der Waals surface area contributed by atoms with Gasteiger partial charge in [-0.25, -0.2) is 0 Å². The molecule has 3 heteroatoms. The highest BCUT2D eigenvalue weighted by Crippen LogP contribution is 2.38. The summed E-state index contributed by atoms with van der Waals surface area (Å²) in [6.45, 7) is 5.77. The zero-order valence-electron chi connectivity index (χ0n) is 10.7. The third-order valence-electron chi connectivity index (χ3n) is 3.34. The van der Waals surface area contributed by atoms with Crippen molar-refractivity contribution in [1.82, 2.24) is 0 Å². The van der Waals surface area contributed by atoms with Crippen LogP contribution in [0.15, 0.2) is 24.3 Å². The molecule has 18 heavy (non-hydrogen) atoms. The molecule has 0 radical (unpaired) electrons. The Morgan fingerprint density at radius 2 is 1.28 bits per heavy atom. The van der Waals surface area contributed by atoms with Gasteiger partial charge in [-0.2, -0.15) is 0 Å². The summed E-state index contributed by atoms with van der Waals surface area (Å²) in [4.78, 5) is 0. The maximum atomic E-state index is 10.2. The Morgan fingerprint density at radius 1 is 0.722 bits per heavy atom. The van der Waals surface area contributed by atoms with Crippen molar-refractivity contribution in [3.05, 3.63) is 41.0 Å². The molecule has 2 aromatic rings. The Balaban J connectivity index is 2.71. The van der Waals surface area contributed by atoms with E-state index in [9.17, 15) is 15.3 Å². The van der Waals surface area contributed by atoms with E-state index in [4.69, 9.17) is 0 Å². The molecule has 0 aliphatic rings. The molecule has 0 amide bonds. The molecule has 2 rings (SSSR count). The summed E-state index contributed by atoms with van der Waals surface area (Å²) in [5.41, 5.74) is 4.12. The summed E-state index contributed by atoms with van der Waals surface area (Å²) in [6, 6.07) is 6.15. The number of phenols is 3. The topological polar surface area (TPSA) is 60.7 Å². The fourth-order valence-corrected chi connectivity index (χ4v) is 2.04. The second kappa shape index (κ2) is 4.26. The Kier molecular flexibility index (Phi) is 2.91. The van der Waals surface area contributed by atoms with E-state index in [1.54, 1.807) is 0 Å². The van der Waals surface area contributed by atoms with Gasteiger partial charge in [0.05, 0.1) is 0 Å². The second-order valence-electron chi connectivity index (χ2n) is 4.58. The molecule has 0 aromatic heterocycles. The van der Waals surface area contributed by atoms with Crippen LogP contribution < -0.4 is 0 Å². The molecule has 0 spiro atoms. The summed E-state index contributed by atoms with van der Waals surface area (Å²) in [5.74, 6) is 0.128. The van der Waals surface area contributed by atoms with Gasteiger partial charge in [0.15, 0.2) is 0 Å². The standard InChI is InChI=1S/C15H16O3/c1-8-4-14(15(18)10(3)9(8)2)11-5-12(16)7-13(17)6-11/h4-7,16-18H,1-3H3. The number of hydrogen-bond donors (Lipinski definition) is 3. The number of aromatic hydroxyl groups is 3. The lowest BCUT2D eigenvalue weighted by atomic mass is 9.95. The van der Waals surface area contributed by atoms with Crippen LogP contribution in [0.3, 0.4) is 0 Å². The molecule has 0 atom stereocenters. The zero-order chi connectivity index (χ0) is 13.4. The Labute approximate surface area is 106 Å². The summed E-state index contributed by atoms with van der Waals surface area (Å²) in [7, 11) is 0. The lowest BCUT2D eigenvalue weighted by Gasteiger charge is -2.13. The van der Waals surface area contributed by atoms with Gasteiger partial charge in [-0.3, -0.25) is 0 Å². The number of phenolic OH excluding ortho intramolecular Hbond substituents is 3. The minimum atomic E-state index is -0.0275. The Hall–Kier alpha value is -2.16. The molecule has 0 bridgehead atoms. The maximum absolute atomic E-state index is 10.2. The molecule has 0 unspecified atom stereocenters. The van der Waals surface area contributed by atoms with Gasteiger partial charge < -0.3 is 15.3 Å². The molecule has 0 aliphatic heterocycles. The third-order valence-corrected chi connectivity index (χ3v) is 3.34. The van der Waals surface area contributed by atoms with E-state index < -0.39 is 0 Å². The van der Waals surface area contributed by atoms with Crippen molar-refractivity contribution in [1.29, 1.82) is 0 Å². The monoisotopic (exact) mass is 244 g/mol. The predicted octanol–water partition coefficient (Wildman–Crippen LogP) is 3.40. The minimum Gasteiger partial charge on any atom is -0.508 e. The van der Waals surface area contributed by atoms with Crippen LogP contribution >= 0.6 is 0 Å². The average Bonchev–Trinajstić information content (AvgIpc) is 2.30. The largest absolute Gasteiger partial charge is 0.508 e. The van der Waals surface area contributed by atoms with Crippen molar-refractivity contribution < 1.29 is 15.3 Å². The molecule has 3 N–H and O–H groups in total. The minimum absolute atomic E-state index is 0.0275. The van der Waals surface area contributed by atoms with Crippen LogP contribution in [-0.2, 0) is 0 Å². The van der Waals surface area contributed by atoms with Gasteiger partial charge in [0.25, 0.3) is 0 Å². The summed E-state index contributed by atoms with van der Waals surface area (Å²) in [5, 5.41) is 29.2. The molecular formula is C15H16O3. The van der Waals surface area contributed by atoms with Crippen molar-refractivity contribution in [2.24, 2.45) is 0 Å². The van der Waals surface area contributed by atoms with Gasteiger partial charge in [-0.15, -0.1) is 0 Å². The number of rotatable bonds is 1. The van der Waals surface area contributed by atoms with Crippen LogP contribution in [0.1, 0.15) is 16.7 Å². The van der Waals surface area contributed by atoms with Crippen molar-refractivity contribution in [2.45, 2.75) is 20.8 Å². The van der Waals surface area contributed by atoms with E-state index in [1.165, 1.54) is 18.2 Å². The van der Waals surface area contributed by atoms with Crippen molar-refractivity contribution in [3.8, 4) is 28.4 Å². The van der Waals surface area contributed by atoms with Gasteiger partial charge >= 0.3 is 0 Å². The summed E-state index contributed by atoms with van der Waals surface area (Å²) >= 11 is 0. The zero-order valence-corrected chi connectivity index (χ0v) is 10.7. The van der Waals surface area contributed by atoms with Gasteiger partial charge in [-0.05, 0) is 61.2 Å². The van der Waals surface area contributed by atoms with Crippen molar-refractivity contribution in [3.63, 3.8) is 0 Å². The lowest BCUT2D eigenvalue weighted by Crippen LogP contribution is -1.90. The molecule has 94 valence electrons. The van der Waals surface area contributed by atoms with E-state index in [2.05, 4.69) is 0 Å². The molecule has 2 aromatic carbocycles. The van der Waals surface area contributed by atoms with Crippen LogP contribution in [0.25, 0.3) is 11.1 Å². The predicted molar refractivity (Wildman–Crippen MR) is 71.1 cm³/mol. The van der Waals surface area contributed by atoms with Crippen LogP contribution in [0.4, 0.5) is 0 Å². The quantitative estimate of drug-likeness (QED) is 0.720. The van der Waals surface area contributed by atoms with Crippen LogP contribution in [0.2, 0.25) is 0 Å². The fourth-order valence-electron chi connectivity index (χ4n) is 2.04. The van der Waals surface area contributed by atoms with Crippen LogP contribution in [0.5, 0.6) is 17.2 Å². The summed E-state index contributed by atoms with van der Waals surface area (Å²) < 4.78 is 0. The SMILES string of the molecule is Cc1cc(-c2cc(O)cc(O)c2)c(O)c(C)c1C. The third kappa shape index (κ3) is 1.99. The first-order valence-electron chi connectivity index (χ1n) is 5.73. The molecule has 0 saturated carbocycles. The van der Waals surface area contributed by atoms with E-state index in [0.29, 0.717) is 11.1 Å². The Bertz CT molecular complexity index is 595. The van der Waals surface area contributed by atoms with E-state index in [0.717, 1.165) is 16.7 Å². The van der Waals surface area contributed by atoms with Crippen LogP contribution in [0, 0.1) is 20.8 Å². The maximum Gasteiger partial charge on any atom is 0.126 e. The fraction of sp³-hybridized carbons (Fsp3) is 0.200. The molecular weight excluding hydrogens is 228 g/mol. The van der Waals surface area contributed by atoms with Crippen molar-refractivity contribution >= 4 is 0 Å². The van der Waals surface area contributed by atoms with Gasteiger partial charge in [-0.1, -0.05) is 0 Å². The van der Waals surface area contributed by atoms with Crippen LogP contribution in [-0.4, -0.2) is 15.3 Å². The summed E-state index contributed by atoms with van der Waals surface area (Å²) in [6.07, 6.45) is 0.